The van der Waals surface area contributed by atoms with Gasteiger partial charge in [0.1, 0.15) is 0 Å². The van der Waals surface area contributed by atoms with Gasteiger partial charge in [0.25, 0.3) is 5.91 Å². The van der Waals surface area contributed by atoms with Crippen molar-refractivity contribution in [3.8, 4) is 0 Å². The van der Waals surface area contributed by atoms with Crippen LogP contribution in [0, 0.1) is 6.92 Å². The fraction of sp³-hybridized carbons (Fsp3) is 0.316. The molecule has 0 radical (unpaired) electrons. The SMILES string of the molecule is Cc1c(Cl)cccc1NC(=O)c1ccc(S(=O)(=O)NC2CCCC2)cc1. The molecular formula is C19H21ClN2O3S. The summed E-state index contributed by atoms with van der Waals surface area (Å²) in [6.07, 6.45) is 3.85. The van der Waals surface area contributed by atoms with E-state index in [0.29, 0.717) is 16.3 Å². The number of carbonyl (C=O) groups is 1. The summed E-state index contributed by atoms with van der Waals surface area (Å²) in [5.74, 6) is -0.317. The molecule has 0 unspecified atom stereocenters. The van der Waals surface area contributed by atoms with Gasteiger partial charge in [0.15, 0.2) is 0 Å². The van der Waals surface area contributed by atoms with Crippen LogP contribution < -0.4 is 10.0 Å². The van der Waals surface area contributed by atoms with E-state index in [0.717, 1.165) is 31.2 Å². The van der Waals surface area contributed by atoms with Crippen LogP contribution in [0.2, 0.25) is 5.02 Å². The maximum atomic E-state index is 12.4. The van der Waals surface area contributed by atoms with Gasteiger partial charge in [-0.3, -0.25) is 4.79 Å². The molecule has 2 aromatic carbocycles. The van der Waals surface area contributed by atoms with Gasteiger partial charge in [-0.05, 0) is 61.7 Å². The van der Waals surface area contributed by atoms with Crippen molar-refractivity contribution in [2.75, 3.05) is 5.32 Å². The van der Waals surface area contributed by atoms with Crippen molar-refractivity contribution in [1.82, 2.24) is 4.72 Å². The Balaban J connectivity index is 1.72. The zero-order chi connectivity index (χ0) is 18.7. The Bertz CT molecular complexity index is 905. The quantitative estimate of drug-likeness (QED) is 0.803. The number of anilines is 1. The van der Waals surface area contributed by atoms with Gasteiger partial charge in [0.2, 0.25) is 10.0 Å². The molecule has 26 heavy (non-hydrogen) atoms. The largest absolute Gasteiger partial charge is 0.322 e. The molecule has 0 aliphatic heterocycles. The van der Waals surface area contributed by atoms with Crippen LogP contribution in [-0.2, 0) is 10.0 Å². The van der Waals surface area contributed by atoms with Crippen molar-refractivity contribution in [2.45, 2.75) is 43.5 Å². The fourth-order valence-electron chi connectivity index (χ4n) is 3.05. The van der Waals surface area contributed by atoms with Crippen LogP contribution in [0.25, 0.3) is 0 Å². The van der Waals surface area contributed by atoms with E-state index < -0.39 is 10.0 Å². The van der Waals surface area contributed by atoms with Gasteiger partial charge in [-0.1, -0.05) is 30.5 Å². The minimum atomic E-state index is -3.56. The summed E-state index contributed by atoms with van der Waals surface area (Å²) in [6, 6.07) is 11.2. The standard InChI is InChI=1S/C19H21ClN2O3S/c1-13-17(20)7-4-8-18(13)21-19(23)14-9-11-16(12-10-14)26(24,25)22-15-5-2-3-6-15/h4,7-12,15,22H,2-3,5-6H2,1H3,(H,21,23). The first-order chi connectivity index (χ1) is 12.4. The van der Waals surface area contributed by atoms with Crippen molar-refractivity contribution in [3.63, 3.8) is 0 Å². The highest BCUT2D eigenvalue weighted by molar-refractivity contribution is 7.89. The zero-order valence-corrected chi connectivity index (χ0v) is 16.0. The molecule has 1 amide bonds. The molecule has 0 aromatic heterocycles. The highest BCUT2D eigenvalue weighted by Gasteiger charge is 2.23. The molecule has 1 aliphatic rings. The smallest absolute Gasteiger partial charge is 0.255 e. The Labute approximate surface area is 158 Å². The molecule has 2 N–H and O–H groups in total. The summed E-state index contributed by atoms with van der Waals surface area (Å²) in [7, 11) is -3.56. The lowest BCUT2D eigenvalue weighted by atomic mass is 10.1. The highest BCUT2D eigenvalue weighted by atomic mass is 35.5. The molecule has 5 nitrogen and oxygen atoms in total. The monoisotopic (exact) mass is 392 g/mol. The third kappa shape index (κ3) is 4.26. The van der Waals surface area contributed by atoms with Crippen LogP contribution in [0.4, 0.5) is 5.69 Å². The third-order valence-corrected chi connectivity index (χ3v) is 6.57. The number of rotatable bonds is 5. The molecule has 1 saturated carbocycles. The molecule has 0 spiro atoms. The molecular weight excluding hydrogens is 372 g/mol. The third-order valence-electron chi connectivity index (χ3n) is 4.62. The van der Waals surface area contributed by atoms with Gasteiger partial charge in [-0.25, -0.2) is 13.1 Å². The lowest BCUT2D eigenvalue weighted by Crippen LogP contribution is -2.32. The molecule has 0 bridgehead atoms. The van der Waals surface area contributed by atoms with Crippen LogP contribution in [0.3, 0.4) is 0 Å². The predicted molar refractivity (Wildman–Crippen MR) is 103 cm³/mol. The summed E-state index contributed by atoms with van der Waals surface area (Å²) in [5.41, 5.74) is 1.79. The molecule has 0 saturated heterocycles. The van der Waals surface area contributed by atoms with E-state index in [-0.39, 0.29) is 16.8 Å². The summed E-state index contributed by atoms with van der Waals surface area (Å²) in [4.78, 5) is 12.6. The van der Waals surface area contributed by atoms with Crippen LogP contribution in [-0.4, -0.2) is 20.4 Å². The van der Waals surface area contributed by atoms with Gasteiger partial charge in [-0.15, -0.1) is 0 Å². The molecule has 0 heterocycles. The second-order valence-corrected chi connectivity index (χ2v) is 8.61. The van der Waals surface area contributed by atoms with Gasteiger partial charge in [-0.2, -0.15) is 0 Å². The summed E-state index contributed by atoms with van der Waals surface area (Å²) in [5, 5.41) is 3.37. The van der Waals surface area contributed by atoms with Crippen LogP contribution in [0.15, 0.2) is 47.4 Å². The molecule has 3 rings (SSSR count). The average molecular weight is 393 g/mol. The maximum absolute atomic E-state index is 12.4. The second-order valence-electron chi connectivity index (χ2n) is 6.49. The number of nitrogens with one attached hydrogen (secondary N) is 2. The van der Waals surface area contributed by atoms with Crippen molar-refractivity contribution >= 4 is 33.2 Å². The first kappa shape index (κ1) is 18.9. The number of hydrogen-bond acceptors (Lipinski definition) is 3. The van der Waals surface area contributed by atoms with E-state index in [1.807, 2.05) is 6.92 Å². The maximum Gasteiger partial charge on any atom is 0.255 e. The average Bonchev–Trinajstić information content (AvgIpc) is 3.11. The van der Waals surface area contributed by atoms with Crippen molar-refractivity contribution in [3.05, 3.63) is 58.6 Å². The first-order valence-electron chi connectivity index (χ1n) is 8.56. The molecule has 2 aromatic rings. The number of benzene rings is 2. The fourth-order valence-corrected chi connectivity index (χ4v) is 4.53. The first-order valence-corrected chi connectivity index (χ1v) is 10.4. The van der Waals surface area contributed by atoms with Crippen LogP contribution in [0.1, 0.15) is 41.6 Å². The van der Waals surface area contributed by atoms with Gasteiger partial charge < -0.3 is 5.32 Å². The second kappa shape index (κ2) is 7.78. The van der Waals surface area contributed by atoms with Crippen molar-refractivity contribution in [2.24, 2.45) is 0 Å². The summed E-state index contributed by atoms with van der Waals surface area (Å²) >= 11 is 6.06. The van der Waals surface area contributed by atoms with Gasteiger partial charge >= 0.3 is 0 Å². The van der Waals surface area contributed by atoms with Gasteiger partial charge in [0.05, 0.1) is 4.90 Å². The Hall–Kier alpha value is -1.89. The Morgan fingerprint density at radius 2 is 1.73 bits per heavy atom. The number of halogens is 1. The lowest BCUT2D eigenvalue weighted by molar-refractivity contribution is 0.102. The number of amides is 1. The molecule has 138 valence electrons. The lowest BCUT2D eigenvalue weighted by Gasteiger charge is -2.13. The van der Waals surface area contributed by atoms with E-state index in [1.165, 1.54) is 24.3 Å². The number of carbonyl (C=O) groups excluding carboxylic acids is 1. The van der Waals surface area contributed by atoms with Crippen LogP contribution >= 0.6 is 11.6 Å². The van der Waals surface area contributed by atoms with E-state index >= 15 is 0 Å². The predicted octanol–water partition coefficient (Wildman–Crippen LogP) is 4.12. The Morgan fingerprint density at radius 1 is 1.08 bits per heavy atom. The summed E-state index contributed by atoms with van der Waals surface area (Å²) in [6.45, 7) is 1.82. The molecule has 1 fully saturated rings. The minimum Gasteiger partial charge on any atom is -0.322 e. The topological polar surface area (TPSA) is 75.3 Å². The van der Waals surface area contributed by atoms with Crippen molar-refractivity contribution in [1.29, 1.82) is 0 Å². The Kier molecular flexibility index (Phi) is 5.65. The number of hydrogen-bond donors (Lipinski definition) is 2. The molecule has 7 heteroatoms. The van der Waals surface area contributed by atoms with Crippen LogP contribution in [0.5, 0.6) is 0 Å². The normalized spacial score (nSPS) is 15.2. The van der Waals surface area contributed by atoms with Crippen molar-refractivity contribution < 1.29 is 13.2 Å². The Morgan fingerprint density at radius 3 is 2.38 bits per heavy atom. The van der Waals surface area contributed by atoms with E-state index in [4.69, 9.17) is 11.6 Å². The van der Waals surface area contributed by atoms with E-state index in [9.17, 15) is 13.2 Å². The molecule has 0 atom stereocenters. The van der Waals surface area contributed by atoms with Gasteiger partial charge in [0, 0.05) is 22.3 Å². The molecule has 1 aliphatic carbocycles. The highest BCUT2D eigenvalue weighted by Crippen LogP contribution is 2.24. The van der Waals surface area contributed by atoms with E-state index in [1.54, 1.807) is 18.2 Å². The summed E-state index contributed by atoms with van der Waals surface area (Å²) < 4.78 is 27.6. The zero-order valence-electron chi connectivity index (χ0n) is 14.5. The minimum absolute atomic E-state index is 0.00813. The number of sulfonamides is 1. The van der Waals surface area contributed by atoms with E-state index in [2.05, 4.69) is 10.0 Å².